The Morgan fingerprint density at radius 1 is 1.39 bits per heavy atom. The largest absolute Gasteiger partial charge is 0.444 e. The third kappa shape index (κ3) is 4.33. The summed E-state index contributed by atoms with van der Waals surface area (Å²) >= 11 is 0. The van der Waals surface area contributed by atoms with E-state index >= 15 is 0 Å². The van der Waals surface area contributed by atoms with Gasteiger partial charge in [-0.25, -0.2) is 26.9 Å². The quantitative estimate of drug-likeness (QED) is 0.659. The van der Waals surface area contributed by atoms with Crippen molar-refractivity contribution in [3.63, 3.8) is 0 Å². The number of hydrogen-bond acceptors (Lipinski definition) is 7. The predicted molar refractivity (Wildman–Crippen MR) is 114 cm³/mol. The number of ether oxygens (including phenoxy) is 2. The number of carbonyl (C=O) groups excluding carboxylic acids is 1. The smallest absolute Gasteiger partial charge is 0.414 e. The third-order valence-electron chi connectivity index (χ3n) is 5.60. The van der Waals surface area contributed by atoms with Gasteiger partial charge < -0.3 is 15.2 Å². The van der Waals surface area contributed by atoms with Crippen molar-refractivity contribution in [2.24, 2.45) is 4.99 Å². The molecule has 3 unspecified atom stereocenters. The fourth-order valence-electron chi connectivity index (χ4n) is 4.12. The molecule has 0 bridgehead atoms. The average Bonchev–Trinajstić information content (AvgIpc) is 2.66. The summed E-state index contributed by atoms with van der Waals surface area (Å²) in [5, 5.41) is 1.32. The highest BCUT2D eigenvalue weighted by Gasteiger charge is 2.57. The Hall–Kier alpha value is -2.40. The van der Waals surface area contributed by atoms with E-state index in [-0.39, 0.29) is 36.2 Å². The molecule has 1 heterocycles. The van der Waals surface area contributed by atoms with Gasteiger partial charge in [-0.1, -0.05) is 0 Å². The number of methoxy groups -OCH3 is 1. The molecule has 3 atom stereocenters. The zero-order valence-corrected chi connectivity index (χ0v) is 19.1. The van der Waals surface area contributed by atoms with Crippen molar-refractivity contribution in [3.05, 3.63) is 29.6 Å². The maximum Gasteiger partial charge on any atom is 0.414 e. The van der Waals surface area contributed by atoms with Gasteiger partial charge in [0.25, 0.3) is 0 Å². The van der Waals surface area contributed by atoms with Crippen molar-refractivity contribution < 1.29 is 27.1 Å². The van der Waals surface area contributed by atoms with Gasteiger partial charge in [-0.05, 0) is 58.2 Å². The topological polar surface area (TPSA) is 123 Å². The van der Waals surface area contributed by atoms with E-state index < -0.39 is 38.3 Å². The summed E-state index contributed by atoms with van der Waals surface area (Å²) in [6, 6.07) is 4.00. The summed E-state index contributed by atoms with van der Waals surface area (Å²) in [5.41, 5.74) is 3.99. The van der Waals surface area contributed by atoms with Gasteiger partial charge in [-0.3, -0.25) is 5.32 Å². The first-order chi connectivity index (χ1) is 14.3. The molecule has 0 spiro atoms. The molecule has 1 aromatic rings. The highest BCUT2D eigenvalue weighted by molar-refractivity contribution is 7.90. The Morgan fingerprint density at radius 3 is 2.68 bits per heavy atom. The molecule has 1 aromatic carbocycles. The number of halogens is 1. The number of nitrogens with two attached hydrogens (primary N) is 1. The minimum atomic E-state index is -4.04. The van der Waals surface area contributed by atoms with Crippen LogP contribution in [0.5, 0.6) is 0 Å². The summed E-state index contributed by atoms with van der Waals surface area (Å²) in [4.78, 5) is 17.0. The van der Waals surface area contributed by atoms with Crippen LogP contribution < -0.4 is 11.1 Å². The van der Waals surface area contributed by atoms with Crippen molar-refractivity contribution >= 4 is 27.8 Å². The van der Waals surface area contributed by atoms with E-state index in [0.29, 0.717) is 6.42 Å². The summed E-state index contributed by atoms with van der Waals surface area (Å²) in [6.07, 6.45) is -0.394. The molecule has 9 nitrogen and oxygen atoms in total. The number of fused-ring (bicyclic) bond motifs is 1. The van der Waals surface area contributed by atoms with Crippen LogP contribution in [0.4, 0.5) is 14.9 Å². The van der Waals surface area contributed by atoms with Crippen molar-refractivity contribution in [2.45, 2.75) is 62.5 Å². The number of hydrogen-bond donors (Lipinski definition) is 2. The van der Waals surface area contributed by atoms with Crippen molar-refractivity contribution in [2.75, 3.05) is 19.9 Å². The fourth-order valence-corrected chi connectivity index (χ4v) is 6.08. The third-order valence-corrected chi connectivity index (χ3v) is 7.84. The number of nitrogens with zero attached hydrogens (tertiary/aromatic N) is 2. The second-order valence-electron chi connectivity index (χ2n) is 8.86. The number of aliphatic imine (C=N–C) groups is 1. The van der Waals surface area contributed by atoms with E-state index in [1.807, 2.05) is 0 Å². The van der Waals surface area contributed by atoms with E-state index in [1.165, 1.54) is 32.4 Å². The fraction of sp³-hybridized carbons (Fsp3) is 0.600. The van der Waals surface area contributed by atoms with Gasteiger partial charge in [0.15, 0.2) is 0 Å². The van der Waals surface area contributed by atoms with Gasteiger partial charge in [0.2, 0.25) is 16.0 Å². The number of anilines is 1. The molecule has 3 rings (SSSR count). The SMILES string of the molecule is COC1CCC2(c3cc(N)ccc3F)N=C(NC(=O)OC(C)(C)C)N(C)S(=O)(=O)C2C1. The molecule has 172 valence electrons. The lowest BCUT2D eigenvalue weighted by molar-refractivity contribution is 0.0481. The van der Waals surface area contributed by atoms with Crippen LogP contribution in [0.3, 0.4) is 0 Å². The number of nitrogen functional groups attached to an aromatic ring is 1. The van der Waals surface area contributed by atoms with Gasteiger partial charge >= 0.3 is 6.09 Å². The van der Waals surface area contributed by atoms with Crippen LogP contribution in [0.15, 0.2) is 23.2 Å². The number of benzene rings is 1. The van der Waals surface area contributed by atoms with E-state index in [1.54, 1.807) is 20.8 Å². The van der Waals surface area contributed by atoms with Crippen molar-refractivity contribution in [3.8, 4) is 0 Å². The molecule has 1 aliphatic heterocycles. The van der Waals surface area contributed by atoms with Gasteiger partial charge in [0, 0.05) is 25.4 Å². The molecule has 0 saturated heterocycles. The molecule has 31 heavy (non-hydrogen) atoms. The predicted octanol–water partition coefficient (Wildman–Crippen LogP) is 2.33. The van der Waals surface area contributed by atoms with Crippen LogP contribution in [0.1, 0.15) is 45.6 Å². The standard InChI is InChI=1S/C20H29FN4O5S/c1-19(2,3)30-18(26)23-17-24-20(14-10-12(22)6-7-15(14)21)9-8-13(29-5)11-16(20)31(27,28)25(17)4/h6-7,10,13,16H,8-9,11,22H2,1-5H3,(H,23,24,26). The zero-order chi connectivity index (χ0) is 23.2. The number of sulfonamides is 1. The van der Waals surface area contributed by atoms with Gasteiger partial charge in [0.05, 0.1) is 6.10 Å². The minimum Gasteiger partial charge on any atom is -0.444 e. The van der Waals surface area contributed by atoms with Crippen LogP contribution in [-0.4, -0.2) is 55.9 Å². The Labute approximate surface area is 181 Å². The van der Waals surface area contributed by atoms with E-state index in [2.05, 4.69) is 10.3 Å². The lowest BCUT2D eigenvalue weighted by Gasteiger charge is -2.48. The highest BCUT2D eigenvalue weighted by atomic mass is 32.2. The first-order valence-corrected chi connectivity index (χ1v) is 11.5. The van der Waals surface area contributed by atoms with Gasteiger partial charge in [0.1, 0.15) is 22.2 Å². The summed E-state index contributed by atoms with van der Waals surface area (Å²) in [6.45, 7) is 5.05. The first kappa shape index (κ1) is 23.3. The van der Waals surface area contributed by atoms with Crippen LogP contribution in [0, 0.1) is 5.82 Å². The normalized spacial score (nSPS) is 27.8. The molecule has 1 saturated carbocycles. The molecule has 1 aliphatic carbocycles. The monoisotopic (exact) mass is 456 g/mol. The Bertz CT molecular complexity index is 1010. The second kappa shape index (κ2) is 7.94. The molecule has 3 N–H and O–H groups in total. The summed E-state index contributed by atoms with van der Waals surface area (Å²) in [5.74, 6) is -0.849. The molecule has 0 aromatic heterocycles. The van der Waals surface area contributed by atoms with Crippen LogP contribution in [-0.2, 0) is 25.0 Å². The van der Waals surface area contributed by atoms with E-state index in [0.717, 1.165) is 4.31 Å². The molecule has 1 fully saturated rings. The summed E-state index contributed by atoms with van der Waals surface area (Å²) in [7, 11) is -1.23. The maximum absolute atomic E-state index is 15.0. The van der Waals surface area contributed by atoms with Crippen LogP contribution in [0.25, 0.3) is 0 Å². The number of alkyl carbamates (subject to hydrolysis) is 1. The Morgan fingerprint density at radius 2 is 2.06 bits per heavy atom. The number of rotatable bonds is 2. The van der Waals surface area contributed by atoms with Crippen LogP contribution >= 0.6 is 0 Å². The Kier molecular flexibility index (Phi) is 5.96. The average molecular weight is 457 g/mol. The van der Waals surface area contributed by atoms with E-state index in [4.69, 9.17) is 15.2 Å². The summed E-state index contributed by atoms with van der Waals surface area (Å²) < 4.78 is 53.5. The molecular formula is C20H29FN4O5S. The molecule has 11 heteroatoms. The zero-order valence-electron chi connectivity index (χ0n) is 18.3. The highest BCUT2D eigenvalue weighted by Crippen LogP contribution is 2.48. The molecule has 1 amide bonds. The number of carbonyl (C=O) groups is 1. The lowest BCUT2D eigenvalue weighted by atomic mass is 9.75. The number of amides is 1. The number of guanidine groups is 1. The second-order valence-corrected chi connectivity index (χ2v) is 11.0. The Balaban J connectivity index is 2.17. The van der Waals surface area contributed by atoms with Crippen molar-refractivity contribution in [1.82, 2.24) is 9.62 Å². The molecule has 2 aliphatic rings. The van der Waals surface area contributed by atoms with E-state index in [9.17, 15) is 17.6 Å². The lowest BCUT2D eigenvalue weighted by Crippen LogP contribution is -2.61. The maximum atomic E-state index is 15.0. The molecule has 0 radical (unpaired) electrons. The molecular weight excluding hydrogens is 427 g/mol. The van der Waals surface area contributed by atoms with Gasteiger partial charge in [-0.15, -0.1) is 0 Å². The number of nitrogens with one attached hydrogen (secondary N) is 1. The van der Waals surface area contributed by atoms with Crippen molar-refractivity contribution in [1.29, 1.82) is 0 Å². The van der Waals surface area contributed by atoms with Gasteiger partial charge in [-0.2, -0.15) is 0 Å². The first-order valence-electron chi connectivity index (χ1n) is 9.96. The minimum absolute atomic E-state index is 0.0761. The van der Waals surface area contributed by atoms with Crippen LogP contribution in [0.2, 0.25) is 0 Å².